The van der Waals surface area contributed by atoms with E-state index in [-0.39, 0.29) is 17.6 Å². The third-order valence-electron chi connectivity index (χ3n) is 3.24. The lowest BCUT2D eigenvalue weighted by atomic mass is 10.1. The van der Waals surface area contributed by atoms with Gasteiger partial charge in [0.1, 0.15) is 5.75 Å². The van der Waals surface area contributed by atoms with Crippen molar-refractivity contribution >= 4 is 11.7 Å². The van der Waals surface area contributed by atoms with Crippen LogP contribution in [-0.4, -0.2) is 36.8 Å². The van der Waals surface area contributed by atoms with Gasteiger partial charge < -0.3 is 9.64 Å². The Hall–Kier alpha value is -2.35. The molecule has 1 aromatic rings. The van der Waals surface area contributed by atoms with E-state index in [9.17, 15) is 9.59 Å². The number of amides is 1. The van der Waals surface area contributed by atoms with Gasteiger partial charge in [-0.05, 0) is 32.4 Å². The lowest BCUT2D eigenvalue weighted by Gasteiger charge is -2.18. The molecule has 0 aliphatic heterocycles. The summed E-state index contributed by atoms with van der Waals surface area (Å²) in [5, 5.41) is 8.74. The lowest BCUT2D eigenvalue weighted by Crippen LogP contribution is -2.30. The highest BCUT2D eigenvalue weighted by Crippen LogP contribution is 2.14. The van der Waals surface area contributed by atoms with Crippen molar-refractivity contribution in [2.45, 2.75) is 26.7 Å². The Morgan fingerprint density at radius 3 is 2.77 bits per heavy atom. The minimum atomic E-state index is -0.167. The van der Waals surface area contributed by atoms with Gasteiger partial charge in [0.25, 0.3) is 0 Å². The number of ketones is 1. The van der Waals surface area contributed by atoms with E-state index in [1.54, 1.807) is 43.1 Å². The van der Waals surface area contributed by atoms with Crippen LogP contribution in [0.3, 0.4) is 0 Å². The van der Waals surface area contributed by atoms with Crippen molar-refractivity contribution < 1.29 is 14.3 Å². The molecule has 0 saturated carbocycles. The zero-order chi connectivity index (χ0) is 16.5. The van der Waals surface area contributed by atoms with Gasteiger partial charge in [0.15, 0.2) is 5.78 Å². The maximum atomic E-state index is 11.9. The smallest absolute Gasteiger partial charge is 0.222 e. The maximum absolute atomic E-state index is 11.9. The summed E-state index contributed by atoms with van der Waals surface area (Å²) in [6.45, 7) is 4.15. The Morgan fingerprint density at radius 2 is 2.14 bits per heavy atom. The van der Waals surface area contributed by atoms with Crippen LogP contribution in [0.1, 0.15) is 37.0 Å². The summed E-state index contributed by atoms with van der Waals surface area (Å²) in [6, 6.07) is 9.11. The highest BCUT2D eigenvalue weighted by Gasteiger charge is 2.11. The van der Waals surface area contributed by atoms with E-state index in [2.05, 4.69) is 6.07 Å². The molecule has 1 unspecified atom stereocenters. The molecule has 0 radical (unpaired) electrons. The number of carbonyl (C=O) groups is 2. The first kappa shape index (κ1) is 17.7. The third-order valence-corrected chi connectivity index (χ3v) is 3.24. The topological polar surface area (TPSA) is 70.4 Å². The summed E-state index contributed by atoms with van der Waals surface area (Å²) in [4.78, 5) is 24.7. The number of hydrogen-bond acceptors (Lipinski definition) is 4. The van der Waals surface area contributed by atoms with Gasteiger partial charge >= 0.3 is 0 Å². The molecule has 0 fully saturated rings. The molecular weight excluding hydrogens is 280 g/mol. The van der Waals surface area contributed by atoms with Crippen LogP contribution in [0, 0.1) is 17.2 Å². The summed E-state index contributed by atoms with van der Waals surface area (Å²) in [5.41, 5.74) is 0.610. The van der Waals surface area contributed by atoms with Crippen LogP contribution in [0.5, 0.6) is 5.75 Å². The van der Waals surface area contributed by atoms with E-state index >= 15 is 0 Å². The van der Waals surface area contributed by atoms with Crippen molar-refractivity contribution in [2.75, 3.05) is 20.2 Å². The molecule has 1 aromatic carbocycles. The fourth-order valence-corrected chi connectivity index (χ4v) is 1.96. The molecule has 0 saturated heterocycles. The molecule has 0 aliphatic carbocycles. The van der Waals surface area contributed by atoms with Crippen LogP contribution in [0.4, 0.5) is 0 Å². The normalized spacial score (nSPS) is 11.4. The summed E-state index contributed by atoms with van der Waals surface area (Å²) >= 11 is 0. The average molecular weight is 302 g/mol. The largest absolute Gasteiger partial charge is 0.494 e. The molecule has 5 nitrogen and oxygen atoms in total. The quantitative estimate of drug-likeness (QED) is 0.547. The minimum Gasteiger partial charge on any atom is -0.494 e. The van der Waals surface area contributed by atoms with Gasteiger partial charge in [-0.1, -0.05) is 12.1 Å². The molecule has 22 heavy (non-hydrogen) atoms. The van der Waals surface area contributed by atoms with Crippen LogP contribution in [0.2, 0.25) is 0 Å². The Kier molecular flexibility index (Phi) is 7.11. The van der Waals surface area contributed by atoms with Gasteiger partial charge in [-0.2, -0.15) is 5.26 Å². The zero-order valence-corrected chi connectivity index (χ0v) is 13.3. The zero-order valence-electron chi connectivity index (χ0n) is 13.3. The van der Waals surface area contributed by atoms with E-state index < -0.39 is 0 Å². The summed E-state index contributed by atoms with van der Waals surface area (Å²) in [7, 11) is 1.70. The number of hydrogen-bond donors (Lipinski definition) is 0. The Balaban J connectivity index is 2.33. The number of nitrogens with zero attached hydrogens (tertiary/aromatic N) is 2. The van der Waals surface area contributed by atoms with Crippen molar-refractivity contribution in [2.24, 2.45) is 5.92 Å². The maximum Gasteiger partial charge on any atom is 0.222 e. The third kappa shape index (κ3) is 5.96. The SMILES string of the molecule is CC(=O)c1cccc(OCCCC(=O)N(C)CC(C)C#N)c1. The second kappa shape index (κ2) is 8.83. The highest BCUT2D eigenvalue weighted by atomic mass is 16.5. The molecular formula is C17H22N2O3. The molecule has 118 valence electrons. The first-order valence-corrected chi connectivity index (χ1v) is 7.31. The molecule has 1 rings (SSSR count). The highest BCUT2D eigenvalue weighted by molar-refractivity contribution is 5.94. The van der Waals surface area contributed by atoms with Gasteiger partial charge in [0.05, 0.1) is 18.6 Å². The molecule has 0 aromatic heterocycles. The van der Waals surface area contributed by atoms with Gasteiger partial charge in [-0.3, -0.25) is 9.59 Å². The molecule has 0 heterocycles. The van der Waals surface area contributed by atoms with Crippen LogP contribution in [0.15, 0.2) is 24.3 Å². The summed E-state index contributed by atoms with van der Waals surface area (Å²) in [5.74, 6) is 0.461. The van der Waals surface area contributed by atoms with Crippen LogP contribution in [0.25, 0.3) is 0 Å². The van der Waals surface area contributed by atoms with Crippen molar-refractivity contribution in [1.29, 1.82) is 5.26 Å². The number of Topliss-reactive ketones (excluding diaryl/α,β-unsaturated/α-hetero) is 1. The Bertz CT molecular complexity index is 563. The number of nitriles is 1. The second-order valence-electron chi connectivity index (χ2n) is 5.34. The molecule has 1 atom stereocenters. The molecule has 5 heteroatoms. The summed E-state index contributed by atoms with van der Waals surface area (Å²) < 4.78 is 5.55. The molecule has 0 N–H and O–H groups in total. The van der Waals surface area contributed by atoms with Crippen LogP contribution >= 0.6 is 0 Å². The van der Waals surface area contributed by atoms with Gasteiger partial charge in [0.2, 0.25) is 5.91 Å². The Morgan fingerprint density at radius 1 is 1.41 bits per heavy atom. The van der Waals surface area contributed by atoms with E-state index in [0.29, 0.717) is 37.3 Å². The van der Waals surface area contributed by atoms with E-state index in [1.165, 1.54) is 6.92 Å². The van der Waals surface area contributed by atoms with Crippen LogP contribution < -0.4 is 4.74 Å². The monoisotopic (exact) mass is 302 g/mol. The molecule has 0 bridgehead atoms. The predicted octanol–water partition coefficient (Wildman–Crippen LogP) is 2.67. The minimum absolute atomic E-state index is 0.00295. The van der Waals surface area contributed by atoms with E-state index in [4.69, 9.17) is 10.00 Å². The Labute approximate surface area is 131 Å². The first-order valence-electron chi connectivity index (χ1n) is 7.31. The average Bonchev–Trinajstić information content (AvgIpc) is 2.51. The first-order chi connectivity index (χ1) is 10.4. The van der Waals surface area contributed by atoms with E-state index in [1.807, 2.05) is 0 Å². The van der Waals surface area contributed by atoms with Gasteiger partial charge in [0, 0.05) is 25.6 Å². The predicted molar refractivity (Wildman–Crippen MR) is 83.6 cm³/mol. The number of ether oxygens (including phenoxy) is 1. The van der Waals surface area contributed by atoms with Crippen molar-refractivity contribution in [3.05, 3.63) is 29.8 Å². The number of carbonyl (C=O) groups excluding carboxylic acids is 2. The van der Waals surface area contributed by atoms with Crippen LogP contribution in [-0.2, 0) is 4.79 Å². The van der Waals surface area contributed by atoms with E-state index in [0.717, 1.165) is 0 Å². The van der Waals surface area contributed by atoms with Gasteiger partial charge in [-0.25, -0.2) is 0 Å². The fourth-order valence-electron chi connectivity index (χ4n) is 1.96. The molecule has 1 amide bonds. The number of rotatable bonds is 8. The van der Waals surface area contributed by atoms with Crippen molar-refractivity contribution in [3.8, 4) is 11.8 Å². The second-order valence-corrected chi connectivity index (χ2v) is 5.34. The molecule has 0 aliphatic rings. The fraction of sp³-hybridized carbons (Fsp3) is 0.471. The number of benzene rings is 1. The van der Waals surface area contributed by atoms with Crippen molar-refractivity contribution in [1.82, 2.24) is 4.90 Å². The molecule has 0 spiro atoms. The van der Waals surface area contributed by atoms with Crippen molar-refractivity contribution in [3.63, 3.8) is 0 Å². The standard InChI is InChI=1S/C17H22N2O3/c1-13(11-18)12-19(3)17(21)8-5-9-22-16-7-4-6-15(10-16)14(2)20/h4,6-7,10,13H,5,8-9,12H2,1-3H3. The summed E-state index contributed by atoms with van der Waals surface area (Å²) in [6.07, 6.45) is 0.968. The van der Waals surface area contributed by atoms with Gasteiger partial charge in [-0.15, -0.1) is 0 Å². The lowest BCUT2D eigenvalue weighted by molar-refractivity contribution is -0.130.